The molecule has 0 amide bonds. The fourth-order valence-corrected chi connectivity index (χ4v) is 5.85. The molecule has 43 heavy (non-hydrogen) atoms. The number of rotatable bonds is 11. The van der Waals surface area contributed by atoms with Gasteiger partial charge in [-0.3, -0.25) is 9.78 Å². The summed E-state index contributed by atoms with van der Waals surface area (Å²) >= 11 is 0. The van der Waals surface area contributed by atoms with Crippen molar-refractivity contribution in [3.05, 3.63) is 77.4 Å². The number of anilines is 3. The molecule has 0 spiro atoms. The molecule has 226 valence electrons. The lowest BCUT2D eigenvalue weighted by Crippen LogP contribution is -2.44. The van der Waals surface area contributed by atoms with Crippen molar-refractivity contribution in [2.75, 3.05) is 70.9 Å². The molecule has 0 aliphatic carbocycles. The SMILES string of the molecule is COCC(COC)Cn1nc(Nc2n[nH]c3ccc(Cc4cc(F)cc(F)c4)cc23)c2ccc(N3CCN(C)CC3)cc21. The van der Waals surface area contributed by atoms with Gasteiger partial charge in [0.05, 0.1) is 24.2 Å². The number of benzene rings is 3. The number of H-pyrrole nitrogens is 1. The van der Waals surface area contributed by atoms with Gasteiger partial charge in [0.25, 0.3) is 0 Å². The fourth-order valence-electron chi connectivity index (χ4n) is 5.85. The van der Waals surface area contributed by atoms with E-state index in [1.165, 1.54) is 17.8 Å². The first-order valence-electron chi connectivity index (χ1n) is 14.5. The first-order chi connectivity index (χ1) is 20.9. The van der Waals surface area contributed by atoms with Crippen LogP contribution in [-0.2, 0) is 22.4 Å². The molecule has 0 unspecified atom stereocenters. The zero-order chi connectivity index (χ0) is 29.9. The van der Waals surface area contributed by atoms with E-state index in [2.05, 4.69) is 50.6 Å². The van der Waals surface area contributed by atoms with E-state index in [0.29, 0.717) is 43.4 Å². The Morgan fingerprint density at radius 3 is 2.33 bits per heavy atom. The van der Waals surface area contributed by atoms with Crippen molar-refractivity contribution in [3.63, 3.8) is 0 Å². The highest BCUT2D eigenvalue weighted by Gasteiger charge is 2.20. The van der Waals surface area contributed by atoms with Gasteiger partial charge in [-0.15, -0.1) is 0 Å². The van der Waals surface area contributed by atoms with Crippen LogP contribution in [0.3, 0.4) is 0 Å². The molecule has 1 fully saturated rings. The third-order valence-electron chi connectivity index (χ3n) is 8.03. The van der Waals surface area contributed by atoms with Gasteiger partial charge in [0.2, 0.25) is 0 Å². The van der Waals surface area contributed by atoms with Gasteiger partial charge < -0.3 is 24.6 Å². The Balaban J connectivity index is 1.34. The standard InChI is InChI=1S/C32H37F2N7O2/c1-39-8-10-40(11-9-39)26-5-6-27-30(17-26)41(18-23(19-42-2)20-43-3)38-32(27)35-31-28-15-21(4-7-29(28)36-37-31)12-22-13-24(33)16-25(34)14-22/h4-7,13-17,23H,8-12,18-20H2,1-3H3,(H2,35,36,37,38). The van der Waals surface area contributed by atoms with Crippen LogP contribution in [0.2, 0.25) is 0 Å². The predicted octanol–water partition coefficient (Wildman–Crippen LogP) is 5.19. The van der Waals surface area contributed by atoms with E-state index in [-0.39, 0.29) is 5.92 Å². The number of ether oxygens (including phenoxy) is 2. The van der Waals surface area contributed by atoms with Crippen molar-refractivity contribution in [2.45, 2.75) is 13.0 Å². The number of methoxy groups -OCH3 is 2. The van der Waals surface area contributed by atoms with E-state index in [0.717, 1.165) is 59.6 Å². The van der Waals surface area contributed by atoms with E-state index in [9.17, 15) is 8.78 Å². The lowest BCUT2D eigenvalue weighted by atomic mass is 10.0. The summed E-state index contributed by atoms with van der Waals surface area (Å²) < 4.78 is 40.5. The summed E-state index contributed by atoms with van der Waals surface area (Å²) in [6.07, 6.45) is 0.391. The molecule has 0 bridgehead atoms. The molecule has 2 aromatic heterocycles. The molecule has 6 rings (SSSR count). The number of fused-ring (bicyclic) bond motifs is 2. The molecular weight excluding hydrogens is 552 g/mol. The quantitative estimate of drug-likeness (QED) is 0.220. The highest BCUT2D eigenvalue weighted by atomic mass is 19.1. The molecule has 0 atom stereocenters. The van der Waals surface area contributed by atoms with Crippen LogP contribution < -0.4 is 10.2 Å². The summed E-state index contributed by atoms with van der Waals surface area (Å²) in [5, 5.41) is 17.9. The van der Waals surface area contributed by atoms with Crippen LogP contribution in [0.25, 0.3) is 21.8 Å². The largest absolute Gasteiger partial charge is 0.384 e. The number of aromatic nitrogens is 4. The molecule has 3 heterocycles. The summed E-state index contributed by atoms with van der Waals surface area (Å²) in [6.45, 7) is 5.73. The Hall–Kier alpha value is -4.06. The van der Waals surface area contributed by atoms with E-state index in [1.54, 1.807) is 14.2 Å². The maximum Gasteiger partial charge on any atom is 0.161 e. The van der Waals surface area contributed by atoms with E-state index in [1.807, 2.05) is 22.9 Å². The van der Waals surface area contributed by atoms with Gasteiger partial charge in [-0.25, -0.2) is 8.78 Å². The number of nitrogens with zero attached hydrogens (tertiary/aromatic N) is 5. The molecule has 3 aromatic carbocycles. The molecular formula is C32H37F2N7O2. The zero-order valence-corrected chi connectivity index (χ0v) is 24.7. The molecule has 0 saturated carbocycles. The van der Waals surface area contributed by atoms with Crippen LogP contribution in [0.4, 0.5) is 26.1 Å². The minimum absolute atomic E-state index is 0.125. The summed E-state index contributed by atoms with van der Waals surface area (Å²) in [5.74, 6) is 0.276. The van der Waals surface area contributed by atoms with Crippen LogP contribution in [0.15, 0.2) is 54.6 Å². The topological polar surface area (TPSA) is 83.5 Å². The van der Waals surface area contributed by atoms with Crippen molar-refractivity contribution in [3.8, 4) is 0 Å². The summed E-state index contributed by atoms with van der Waals surface area (Å²) in [5.41, 5.74) is 4.52. The van der Waals surface area contributed by atoms with Crippen LogP contribution in [0.1, 0.15) is 11.1 Å². The van der Waals surface area contributed by atoms with Gasteiger partial charge in [-0.05, 0) is 67.1 Å². The molecule has 5 aromatic rings. The number of nitrogens with one attached hydrogen (secondary N) is 2. The highest BCUT2D eigenvalue weighted by molar-refractivity contribution is 5.98. The monoisotopic (exact) mass is 589 g/mol. The third kappa shape index (κ3) is 6.48. The number of halogens is 2. The van der Waals surface area contributed by atoms with E-state index < -0.39 is 11.6 Å². The Bertz CT molecular complexity index is 1690. The lowest BCUT2D eigenvalue weighted by molar-refractivity contribution is 0.0750. The Morgan fingerprint density at radius 2 is 1.60 bits per heavy atom. The van der Waals surface area contributed by atoms with Crippen LogP contribution >= 0.6 is 0 Å². The Kier molecular flexibility index (Phi) is 8.55. The number of piperazine rings is 1. The van der Waals surface area contributed by atoms with Crippen LogP contribution in [-0.4, -0.2) is 85.5 Å². The molecule has 0 radical (unpaired) electrons. The van der Waals surface area contributed by atoms with Gasteiger partial charge in [-0.2, -0.15) is 10.2 Å². The van der Waals surface area contributed by atoms with Gasteiger partial charge in [0, 0.05) is 75.4 Å². The van der Waals surface area contributed by atoms with E-state index >= 15 is 0 Å². The van der Waals surface area contributed by atoms with Crippen molar-refractivity contribution in [1.29, 1.82) is 0 Å². The molecule has 1 aliphatic heterocycles. The van der Waals surface area contributed by atoms with Crippen molar-refractivity contribution < 1.29 is 18.3 Å². The Morgan fingerprint density at radius 1 is 0.860 bits per heavy atom. The average molecular weight is 590 g/mol. The first kappa shape index (κ1) is 29.0. The number of hydrogen-bond acceptors (Lipinski definition) is 7. The van der Waals surface area contributed by atoms with Crippen molar-refractivity contribution in [1.82, 2.24) is 24.9 Å². The number of aromatic amines is 1. The molecule has 11 heteroatoms. The number of hydrogen-bond donors (Lipinski definition) is 2. The highest BCUT2D eigenvalue weighted by Crippen LogP contribution is 2.32. The van der Waals surface area contributed by atoms with E-state index in [4.69, 9.17) is 14.6 Å². The first-order valence-corrected chi connectivity index (χ1v) is 14.5. The second kappa shape index (κ2) is 12.7. The summed E-state index contributed by atoms with van der Waals surface area (Å²) in [7, 11) is 5.55. The second-order valence-electron chi connectivity index (χ2n) is 11.3. The van der Waals surface area contributed by atoms with Gasteiger partial charge in [-0.1, -0.05) is 6.07 Å². The third-order valence-corrected chi connectivity index (χ3v) is 8.03. The van der Waals surface area contributed by atoms with Crippen LogP contribution in [0, 0.1) is 17.6 Å². The summed E-state index contributed by atoms with van der Waals surface area (Å²) in [6, 6.07) is 15.9. The average Bonchev–Trinajstić information content (AvgIpc) is 3.53. The van der Waals surface area contributed by atoms with Crippen molar-refractivity contribution >= 4 is 39.1 Å². The minimum atomic E-state index is -0.585. The van der Waals surface area contributed by atoms with Gasteiger partial charge in [0.1, 0.15) is 11.6 Å². The van der Waals surface area contributed by atoms with Gasteiger partial charge in [0.15, 0.2) is 11.6 Å². The second-order valence-corrected chi connectivity index (χ2v) is 11.3. The smallest absolute Gasteiger partial charge is 0.161 e. The molecule has 1 aliphatic rings. The molecule has 1 saturated heterocycles. The fraction of sp³-hybridized carbons (Fsp3) is 0.375. The predicted molar refractivity (Wildman–Crippen MR) is 165 cm³/mol. The molecule has 9 nitrogen and oxygen atoms in total. The number of likely N-dealkylation sites (N-methyl/N-ethyl adjacent to an activating group) is 1. The summed E-state index contributed by atoms with van der Waals surface area (Å²) in [4.78, 5) is 4.76. The van der Waals surface area contributed by atoms with Crippen LogP contribution in [0.5, 0.6) is 0 Å². The minimum Gasteiger partial charge on any atom is -0.384 e. The van der Waals surface area contributed by atoms with Crippen molar-refractivity contribution in [2.24, 2.45) is 5.92 Å². The molecule has 2 N–H and O–H groups in total. The Labute approximate surface area is 249 Å². The maximum absolute atomic E-state index is 13.8. The maximum atomic E-state index is 13.8. The zero-order valence-electron chi connectivity index (χ0n) is 24.7. The lowest BCUT2D eigenvalue weighted by Gasteiger charge is -2.34. The van der Waals surface area contributed by atoms with Gasteiger partial charge >= 0.3 is 0 Å². The normalized spacial score (nSPS) is 14.4.